The molecule has 2 heterocycles. The quantitative estimate of drug-likeness (QED) is 0.746. The molecule has 1 amide bonds. The monoisotopic (exact) mass is 384 g/mol. The Bertz CT molecular complexity index is 1060. The van der Waals surface area contributed by atoms with Gasteiger partial charge < -0.3 is 14.8 Å². The standard InChI is InChI=1S/C21H18F2N2O3/c1-12-6-18(17-3-2-15(22)9-19(17)25-12)21(26)24-5-4-13-7-16(23)8-14-10-27-11-28-20(13)14/h2-3,6-9H,4-5,10-11H2,1H3,(H,24,26). The summed E-state index contributed by atoms with van der Waals surface area (Å²) in [4.78, 5) is 17.0. The van der Waals surface area contributed by atoms with Crippen molar-refractivity contribution in [3.63, 3.8) is 0 Å². The Morgan fingerprint density at radius 3 is 2.89 bits per heavy atom. The fourth-order valence-corrected chi connectivity index (χ4v) is 3.37. The number of hydrogen-bond acceptors (Lipinski definition) is 4. The van der Waals surface area contributed by atoms with Crippen LogP contribution in [0.3, 0.4) is 0 Å². The van der Waals surface area contributed by atoms with Gasteiger partial charge in [-0.25, -0.2) is 8.78 Å². The first-order valence-corrected chi connectivity index (χ1v) is 8.88. The smallest absolute Gasteiger partial charge is 0.252 e. The average Bonchev–Trinajstić information content (AvgIpc) is 2.66. The molecule has 5 nitrogen and oxygen atoms in total. The largest absolute Gasteiger partial charge is 0.467 e. The fraction of sp³-hybridized carbons (Fsp3) is 0.238. The van der Waals surface area contributed by atoms with Gasteiger partial charge in [-0.15, -0.1) is 0 Å². The molecule has 1 aromatic heterocycles. The van der Waals surface area contributed by atoms with Gasteiger partial charge in [0, 0.05) is 29.3 Å². The van der Waals surface area contributed by atoms with Gasteiger partial charge in [-0.2, -0.15) is 0 Å². The molecule has 144 valence electrons. The Kier molecular flexibility index (Phi) is 4.92. The van der Waals surface area contributed by atoms with E-state index in [1.54, 1.807) is 19.1 Å². The summed E-state index contributed by atoms with van der Waals surface area (Å²) >= 11 is 0. The highest BCUT2D eigenvalue weighted by molar-refractivity contribution is 6.06. The number of carbonyl (C=O) groups excluding carboxylic acids is 1. The number of pyridine rings is 1. The third-order valence-electron chi connectivity index (χ3n) is 4.58. The summed E-state index contributed by atoms with van der Waals surface area (Å²) in [5.74, 6) is -0.456. The minimum atomic E-state index is -0.406. The van der Waals surface area contributed by atoms with Crippen LogP contribution in [-0.2, 0) is 17.8 Å². The Hall–Kier alpha value is -3.06. The predicted octanol–water partition coefficient (Wildman–Crippen LogP) is 3.66. The van der Waals surface area contributed by atoms with Crippen LogP contribution in [0.25, 0.3) is 10.9 Å². The van der Waals surface area contributed by atoms with E-state index in [0.29, 0.717) is 58.6 Å². The van der Waals surface area contributed by atoms with Crippen LogP contribution in [0.5, 0.6) is 5.75 Å². The van der Waals surface area contributed by atoms with Gasteiger partial charge in [0.05, 0.1) is 17.7 Å². The van der Waals surface area contributed by atoms with Crippen molar-refractivity contribution in [3.8, 4) is 5.75 Å². The topological polar surface area (TPSA) is 60.5 Å². The second kappa shape index (κ2) is 7.52. The zero-order valence-electron chi connectivity index (χ0n) is 15.2. The minimum Gasteiger partial charge on any atom is -0.467 e. The number of fused-ring (bicyclic) bond motifs is 2. The van der Waals surface area contributed by atoms with Crippen molar-refractivity contribution in [2.24, 2.45) is 0 Å². The number of halogens is 2. The molecule has 0 unspecified atom stereocenters. The molecule has 0 aliphatic carbocycles. The summed E-state index contributed by atoms with van der Waals surface area (Å²) in [5.41, 5.74) is 2.81. The molecule has 7 heteroatoms. The second-order valence-electron chi connectivity index (χ2n) is 6.64. The van der Waals surface area contributed by atoms with Crippen LogP contribution in [0.1, 0.15) is 27.2 Å². The predicted molar refractivity (Wildman–Crippen MR) is 99.2 cm³/mol. The van der Waals surface area contributed by atoms with Crippen LogP contribution in [0.2, 0.25) is 0 Å². The molecule has 4 rings (SSSR count). The zero-order chi connectivity index (χ0) is 19.7. The van der Waals surface area contributed by atoms with E-state index in [4.69, 9.17) is 9.47 Å². The van der Waals surface area contributed by atoms with E-state index in [0.717, 1.165) is 0 Å². The van der Waals surface area contributed by atoms with Crippen molar-refractivity contribution in [3.05, 3.63) is 70.4 Å². The van der Waals surface area contributed by atoms with Gasteiger partial charge in [0.1, 0.15) is 17.4 Å². The number of ether oxygens (including phenoxy) is 2. The molecule has 0 saturated heterocycles. The van der Waals surface area contributed by atoms with Crippen molar-refractivity contribution in [1.82, 2.24) is 10.3 Å². The second-order valence-corrected chi connectivity index (χ2v) is 6.64. The Morgan fingerprint density at radius 1 is 1.18 bits per heavy atom. The van der Waals surface area contributed by atoms with Crippen molar-refractivity contribution in [1.29, 1.82) is 0 Å². The molecule has 0 atom stereocenters. The lowest BCUT2D eigenvalue weighted by atomic mass is 10.0. The van der Waals surface area contributed by atoms with E-state index < -0.39 is 5.82 Å². The Morgan fingerprint density at radius 2 is 2.04 bits per heavy atom. The number of nitrogens with one attached hydrogen (secondary N) is 1. The first kappa shape index (κ1) is 18.3. The molecule has 0 radical (unpaired) electrons. The van der Waals surface area contributed by atoms with Gasteiger partial charge in [-0.3, -0.25) is 9.78 Å². The average molecular weight is 384 g/mol. The first-order valence-electron chi connectivity index (χ1n) is 8.88. The highest BCUT2D eigenvalue weighted by atomic mass is 19.1. The Labute approximate surface area is 160 Å². The molecule has 0 saturated carbocycles. The number of amides is 1. The lowest BCUT2D eigenvalue weighted by Gasteiger charge is -2.21. The van der Waals surface area contributed by atoms with Crippen molar-refractivity contribution >= 4 is 16.8 Å². The molecular weight excluding hydrogens is 366 g/mol. The van der Waals surface area contributed by atoms with Crippen LogP contribution in [-0.4, -0.2) is 24.2 Å². The normalized spacial score (nSPS) is 13.1. The number of benzene rings is 2. The fourth-order valence-electron chi connectivity index (χ4n) is 3.37. The van der Waals surface area contributed by atoms with Crippen molar-refractivity contribution < 1.29 is 23.0 Å². The highest BCUT2D eigenvalue weighted by Crippen LogP contribution is 2.29. The van der Waals surface area contributed by atoms with Crippen LogP contribution < -0.4 is 10.1 Å². The molecule has 0 spiro atoms. The number of aromatic nitrogens is 1. The third-order valence-corrected chi connectivity index (χ3v) is 4.58. The van der Waals surface area contributed by atoms with Gasteiger partial charge in [-0.1, -0.05) is 0 Å². The van der Waals surface area contributed by atoms with Crippen molar-refractivity contribution in [2.45, 2.75) is 20.0 Å². The van der Waals surface area contributed by atoms with E-state index in [1.807, 2.05) is 0 Å². The minimum absolute atomic E-state index is 0.122. The van der Waals surface area contributed by atoms with Crippen LogP contribution >= 0.6 is 0 Å². The maximum absolute atomic E-state index is 13.8. The summed E-state index contributed by atoms with van der Waals surface area (Å²) in [5, 5.41) is 3.41. The molecule has 0 bridgehead atoms. The van der Waals surface area contributed by atoms with E-state index >= 15 is 0 Å². The van der Waals surface area contributed by atoms with Gasteiger partial charge in [-0.05, 0) is 49.2 Å². The number of nitrogens with zero attached hydrogens (tertiary/aromatic N) is 1. The number of hydrogen-bond donors (Lipinski definition) is 1. The van der Waals surface area contributed by atoms with Crippen molar-refractivity contribution in [2.75, 3.05) is 13.3 Å². The van der Waals surface area contributed by atoms with Gasteiger partial charge in [0.2, 0.25) is 0 Å². The van der Waals surface area contributed by atoms with Gasteiger partial charge in [0.25, 0.3) is 5.91 Å². The molecule has 2 aromatic carbocycles. The maximum Gasteiger partial charge on any atom is 0.252 e. The van der Waals surface area contributed by atoms with Gasteiger partial charge >= 0.3 is 0 Å². The summed E-state index contributed by atoms with van der Waals surface area (Å²) < 4.78 is 38.0. The summed E-state index contributed by atoms with van der Waals surface area (Å²) in [7, 11) is 0. The zero-order valence-corrected chi connectivity index (χ0v) is 15.2. The van der Waals surface area contributed by atoms with Crippen LogP contribution in [0.4, 0.5) is 8.78 Å². The summed E-state index contributed by atoms with van der Waals surface area (Å²) in [6.45, 7) is 2.46. The molecule has 3 aromatic rings. The summed E-state index contributed by atoms with van der Waals surface area (Å²) in [6.07, 6.45) is 0.405. The lowest BCUT2D eigenvalue weighted by Crippen LogP contribution is -2.26. The van der Waals surface area contributed by atoms with Gasteiger partial charge in [0.15, 0.2) is 6.79 Å². The highest BCUT2D eigenvalue weighted by Gasteiger charge is 2.18. The van der Waals surface area contributed by atoms with E-state index in [-0.39, 0.29) is 18.5 Å². The molecule has 28 heavy (non-hydrogen) atoms. The molecule has 1 N–H and O–H groups in total. The van der Waals surface area contributed by atoms with Crippen LogP contribution in [0, 0.1) is 18.6 Å². The van der Waals surface area contributed by atoms with E-state index in [9.17, 15) is 13.6 Å². The molecule has 0 fully saturated rings. The molecule has 1 aliphatic heterocycles. The molecule has 1 aliphatic rings. The Balaban J connectivity index is 1.52. The van der Waals surface area contributed by atoms with E-state index in [1.165, 1.54) is 24.3 Å². The number of aryl methyl sites for hydroxylation is 1. The molecular formula is C21H18F2N2O3. The number of carbonyl (C=O) groups is 1. The summed E-state index contributed by atoms with van der Waals surface area (Å²) in [6, 6.07) is 8.61. The number of rotatable bonds is 4. The SMILES string of the molecule is Cc1cc(C(=O)NCCc2cc(F)cc3c2OCOC3)c2ccc(F)cc2n1. The third kappa shape index (κ3) is 3.66. The maximum atomic E-state index is 13.8. The lowest BCUT2D eigenvalue weighted by molar-refractivity contribution is -0.0172. The van der Waals surface area contributed by atoms with Crippen LogP contribution in [0.15, 0.2) is 36.4 Å². The first-order chi connectivity index (χ1) is 13.5. The van der Waals surface area contributed by atoms with E-state index in [2.05, 4.69) is 10.3 Å².